The number of pyridine rings is 2. The van der Waals surface area contributed by atoms with Crippen LogP contribution in [0.25, 0.3) is 11.1 Å². The highest BCUT2D eigenvalue weighted by Gasteiger charge is 2.49. The first-order valence-electron chi connectivity index (χ1n) is 12.8. The van der Waals surface area contributed by atoms with Gasteiger partial charge in [-0.3, -0.25) is 19.6 Å². The number of nitrogens with zero attached hydrogens (tertiary/aromatic N) is 4. The fourth-order valence-corrected chi connectivity index (χ4v) is 5.22. The molecule has 4 heterocycles. The Hall–Kier alpha value is -4.38. The summed E-state index contributed by atoms with van der Waals surface area (Å²) in [5.41, 5.74) is 1.68. The molecule has 40 heavy (non-hydrogen) atoms. The summed E-state index contributed by atoms with van der Waals surface area (Å²) in [6.07, 6.45) is 2.47. The number of rotatable bonds is 5. The first-order chi connectivity index (χ1) is 19.2. The Bertz CT molecular complexity index is 1650. The van der Waals surface area contributed by atoms with Crippen molar-refractivity contribution in [2.45, 2.75) is 43.5 Å². The summed E-state index contributed by atoms with van der Waals surface area (Å²) >= 11 is 0. The molecule has 1 atom stereocenters. The van der Waals surface area contributed by atoms with Crippen LogP contribution in [0.15, 0.2) is 72.0 Å². The summed E-state index contributed by atoms with van der Waals surface area (Å²) in [7, 11) is 0. The summed E-state index contributed by atoms with van der Waals surface area (Å²) in [4.78, 5) is 43.8. The van der Waals surface area contributed by atoms with Crippen LogP contribution in [0.5, 0.6) is 0 Å². The molecule has 1 amide bonds. The fourth-order valence-electron chi connectivity index (χ4n) is 5.22. The molecule has 1 fully saturated rings. The second kappa shape index (κ2) is 9.67. The number of benzene rings is 1. The van der Waals surface area contributed by atoms with Gasteiger partial charge in [-0.05, 0) is 48.2 Å². The molecule has 1 aromatic carbocycles. The highest BCUT2D eigenvalue weighted by molar-refractivity contribution is 5.82. The number of halogens is 3. The van der Waals surface area contributed by atoms with Crippen LogP contribution in [0.3, 0.4) is 0 Å². The number of hydrogen-bond acceptors (Lipinski definition) is 6. The predicted molar refractivity (Wildman–Crippen MR) is 138 cm³/mol. The quantitative estimate of drug-likeness (QED) is 0.392. The first-order valence-corrected chi connectivity index (χ1v) is 12.8. The highest BCUT2D eigenvalue weighted by atomic mass is 19.4. The molecule has 8 nitrogen and oxygen atoms in total. The van der Waals surface area contributed by atoms with E-state index < -0.39 is 29.2 Å². The number of amides is 1. The summed E-state index contributed by atoms with van der Waals surface area (Å²) in [6, 6.07) is 9.88. The number of nitrogens with one attached hydrogen (secondary N) is 1. The van der Waals surface area contributed by atoms with Crippen molar-refractivity contribution in [2.75, 3.05) is 6.54 Å². The largest absolute Gasteiger partial charge is 0.416 e. The van der Waals surface area contributed by atoms with Crippen LogP contribution in [0.1, 0.15) is 52.7 Å². The summed E-state index contributed by atoms with van der Waals surface area (Å²) in [5, 5.41) is 10.6. The van der Waals surface area contributed by atoms with Crippen molar-refractivity contribution in [3.05, 3.63) is 111 Å². The van der Waals surface area contributed by atoms with Crippen LogP contribution in [0.2, 0.25) is 0 Å². The number of carbonyl (C=O) groups excluding carboxylic acids is 1. The second-order valence-electron chi connectivity index (χ2n) is 10.2. The maximum atomic E-state index is 13.2. The van der Waals surface area contributed by atoms with Gasteiger partial charge in [0.25, 0.3) is 11.5 Å². The van der Waals surface area contributed by atoms with Crippen molar-refractivity contribution in [1.29, 1.82) is 0 Å². The third-order valence-corrected chi connectivity index (χ3v) is 7.63. The third-order valence-electron chi connectivity index (χ3n) is 7.63. The number of alkyl halides is 3. The van der Waals surface area contributed by atoms with E-state index in [-0.39, 0.29) is 30.6 Å². The van der Waals surface area contributed by atoms with Gasteiger partial charge in [-0.15, -0.1) is 0 Å². The third kappa shape index (κ3) is 4.66. The van der Waals surface area contributed by atoms with E-state index >= 15 is 0 Å². The van der Waals surface area contributed by atoms with E-state index in [0.717, 1.165) is 47.7 Å². The summed E-state index contributed by atoms with van der Waals surface area (Å²) in [5.74, 6) is -0.226. The standard InChI is InChI=1S/C29H24F3N5O3/c30-29(31,32)20-5-1-3-17(11-20)24(38)26(40)37-10-6-23-22(16-37)25(39)36-27(35-23)28(7-8-28)21-12-19(14-34-15-21)18-4-2-9-33-13-18/h1-5,9,11-15,24,38H,6-8,10,16H2,(H,35,36,39)/t24-/m1/s1. The van der Waals surface area contributed by atoms with Crippen LogP contribution in [0, 0.1) is 0 Å². The smallest absolute Gasteiger partial charge is 0.378 e. The number of aliphatic hydroxyl groups is 1. The maximum Gasteiger partial charge on any atom is 0.416 e. The number of fused-ring (bicyclic) bond motifs is 1. The van der Waals surface area contributed by atoms with Crippen molar-refractivity contribution in [3.8, 4) is 11.1 Å². The van der Waals surface area contributed by atoms with Gasteiger partial charge in [0.1, 0.15) is 5.82 Å². The van der Waals surface area contributed by atoms with Gasteiger partial charge in [-0.2, -0.15) is 13.2 Å². The van der Waals surface area contributed by atoms with Crippen molar-refractivity contribution in [3.63, 3.8) is 0 Å². The lowest BCUT2D eigenvalue weighted by molar-refractivity contribution is -0.142. The lowest BCUT2D eigenvalue weighted by atomic mass is 9.93. The van der Waals surface area contributed by atoms with Gasteiger partial charge in [0, 0.05) is 48.9 Å². The molecule has 1 aliphatic heterocycles. The maximum absolute atomic E-state index is 13.2. The second-order valence-corrected chi connectivity index (χ2v) is 10.2. The molecule has 0 saturated heterocycles. The van der Waals surface area contributed by atoms with Gasteiger partial charge in [0.2, 0.25) is 0 Å². The molecule has 0 spiro atoms. The molecule has 1 aliphatic carbocycles. The van der Waals surface area contributed by atoms with E-state index in [1.165, 1.54) is 11.0 Å². The lowest BCUT2D eigenvalue weighted by Crippen LogP contribution is -2.42. The van der Waals surface area contributed by atoms with Gasteiger partial charge in [0.05, 0.1) is 28.8 Å². The van der Waals surface area contributed by atoms with Crippen molar-refractivity contribution >= 4 is 5.91 Å². The highest BCUT2D eigenvalue weighted by Crippen LogP contribution is 2.52. The Morgan fingerprint density at radius 3 is 2.58 bits per heavy atom. The molecule has 11 heteroatoms. The van der Waals surface area contributed by atoms with Crippen molar-refractivity contribution < 1.29 is 23.1 Å². The minimum Gasteiger partial charge on any atom is -0.378 e. The Morgan fingerprint density at radius 1 is 1.05 bits per heavy atom. The normalized spacial score (nSPS) is 16.8. The van der Waals surface area contributed by atoms with Gasteiger partial charge < -0.3 is 15.0 Å². The van der Waals surface area contributed by atoms with Crippen LogP contribution in [0.4, 0.5) is 13.2 Å². The molecule has 204 valence electrons. The average molecular weight is 548 g/mol. The number of carbonyl (C=O) groups is 1. The zero-order chi connectivity index (χ0) is 28.1. The monoisotopic (exact) mass is 547 g/mol. The van der Waals surface area contributed by atoms with E-state index in [1.807, 2.05) is 18.2 Å². The summed E-state index contributed by atoms with van der Waals surface area (Å²) in [6.45, 7) is 0.0701. The SMILES string of the molecule is O=C([C@H](O)c1cccc(C(F)(F)F)c1)N1CCc2nc(C3(c4cncc(-c5cccnc5)c4)CC3)[nH]c(=O)c2C1. The van der Waals surface area contributed by atoms with Crippen LogP contribution in [-0.2, 0) is 29.4 Å². The zero-order valence-corrected chi connectivity index (χ0v) is 21.2. The molecule has 4 aromatic rings. The molecule has 2 aliphatic rings. The van der Waals surface area contributed by atoms with Gasteiger partial charge in [-0.1, -0.05) is 18.2 Å². The van der Waals surface area contributed by atoms with E-state index in [0.29, 0.717) is 17.1 Å². The average Bonchev–Trinajstić information content (AvgIpc) is 3.79. The molecular formula is C29H24F3N5O3. The molecule has 3 aromatic heterocycles. The number of aromatic nitrogens is 4. The van der Waals surface area contributed by atoms with Crippen molar-refractivity contribution in [2.24, 2.45) is 0 Å². The number of aromatic amines is 1. The molecule has 0 radical (unpaired) electrons. The van der Waals surface area contributed by atoms with E-state index in [4.69, 9.17) is 4.98 Å². The van der Waals surface area contributed by atoms with Gasteiger partial charge in [-0.25, -0.2) is 4.98 Å². The molecule has 1 saturated carbocycles. The minimum atomic E-state index is -4.60. The van der Waals surface area contributed by atoms with Crippen LogP contribution >= 0.6 is 0 Å². The zero-order valence-electron chi connectivity index (χ0n) is 21.2. The minimum absolute atomic E-state index is 0.0994. The Labute approximate surface area is 226 Å². The Morgan fingerprint density at radius 2 is 1.85 bits per heavy atom. The topological polar surface area (TPSA) is 112 Å². The molecule has 0 unspecified atom stereocenters. The molecule has 2 N–H and O–H groups in total. The van der Waals surface area contributed by atoms with Gasteiger partial charge >= 0.3 is 6.18 Å². The molecular weight excluding hydrogens is 523 g/mol. The number of H-pyrrole nitrogens is 1. The first kappa shape index (κ1) is 25.9. The van der Waals surface area contributed by atoms with Crippen LogP contribution in [-0.4, -0.2) is 42.4 Å². The van der Waals surface area contributed by atoms with E-state index in [1.54, 1.807) is 24.8 Å². The van der Waals surface area contributed by atoms with E-state index in [9.17, 15) is 27.9 Å². The Balaban J connectivity index is 1.24. The fraction of sp³-hybridized carbons (Fsp3) is 0.276. The number of aliphatic hydroxyl groups excluding tert-OH is 1. The lowest BCUT2D eigenvalue weighted by Gasteiger charge is -2.30. The molecule has 0 bridgehead atoms. The van der Waals surface area contributed by atoms with Gasteiger partial charge in [0.15, 0.2) is 6.10 Å². The molecule has 6 rings (SSSR count). The number of hydrogen-bond donors (Lipinski definition) is 2. The van der Waals surface area contributed by atoms with Crippen molar-refractivity contribution in [1.82, 2.24) is 24.8 Å². The summed E-state index contributed by atoms with van der Waals surface area (Å²) < 4.78 is 39.3. The van der Waals surface area contributed by atoms with Crippen LogP contribution < -0.4 is 5.56 Å². The Kier molecular flexibility index (Phi) is 6.25. The van der Waals surface area contributed by atoms with E-state index in [2.05, 4.69) is 15.0 Å². The predicted octanol–water partition coefficient (Wildman–Crippen LogP) is 3.94.